The van der Waals surface area contributed by atoms with E-state index in [0.29, 0.717) is 0 Å². The maximum atomic E-state index is 12.4. The van der Waals surface area contributed by atoms with Gasteiger partial charge in [0.1, 0.15) is 5.69 Å². The number of amides is 1. The molecule has 8 nitrogen and oxygen atoms in total. The van der Waals surface area contributed by atoms with E-state index in [0.717, 1.165) is 0 Å². The average Bonchev–Trinajstić information content (AvgIpc) is 2.36. The molecule has 1 atom stereocenters. The van der Waals surface area contributed by atoms with Gasteiger partial charge in [-0.15, -0.1) is 0 Å². The SMILES string of the molecule is CC1CS(=O)(=O)CCN1C(=O)c1ccc([N+](=O)[O-])c(N)c1. The van der Waals surface area contributed by atoms with Gasteiger partial charge in [0.15, 0.2) is 9.84 Å². The Hall–Kier alpha value is -2.16. The number of carbonyl (C=O) groups is 1. The minimum Gasteiger partial charge on any atom is -0.393 e. The summed E-state index contributed by atoms with van der Waals surface area (Å²) in [5, 5.41) is 10.7. The Morgan fingerprint density at radius 2 is 2.14 bits per heavy atom. The van der Waals surface area contributed by atoms with Gasteiger partial charge >= 0.3 is 0 Å². The van der Waals surface area contributed by atoms with Crippen LogP contribution in [0.25, 0.3) is 0 Å². The highest BCUT2D eigenvalue weighted by atomic mass is 32.2. The third-order valence-electron chi connectivity index (χ3n) is 3.40. The molecule has 1 aromatic rings. The summed E-state index contributed by atoms with van der Waals surface area (Å²) >= 11 is 0. The molecule has 1 amide bonds. The summed E-state index contributed by atoms with van der Waals surface area (Å²) < 4.78 is 23.0. The second-order valence-electron chi connectivity index (χ2n) is 4.99. The van der Waals surface area contributed by atoms with Gasteiger partial charge in [0.05, 0.1) is 16.4 Å². The van der Waals surface area contributed by atoms with Gasteiger partial charge in [-0.05, 0) is 19.1 Å². The molecule has 1 fully saturated rings. The van der Waals surface area contributed by atoms with Gasteiger partial charge in [-0.25, -0.2) is 8.42 Å². The number of hydrogen-bond donors (Lipinski definition) is 1. The summed E-state index contributed by atoms with van der Waals surface area (Å²) in [5.74, 6) is -0.536. The first kappa shape index (κ1) is 15.2. The Kier molecular flexibility index (Phi) is 3.86. The Morgan fingerprint density at radius 1 is 1.48 bits per heavy atom. The van der Waals surface area contributed by atoms with Crippen LogP contribution < -0.4 is 5.73 Å². The number of carbonyl (C=O) groups excluding carboxylic acids is 1. The minimum atomic E-state index is -3.11. The molecule has 2 N–H and O–H groups in total. The Balaban J connectivity index is 2.25. The van der Waals surface area contributed by atoms with Crippen LogP contribution >= 0.6 is 0 Å². The number of nitrogens with two attached hydrogens (primary N) is 1. The molecule has 0 aliphatic carbocycles. The fourth-order valence-corrected chi connectivity index (χ4v) is 3.88. The fourth-order valence-electron chi connectivity index (χ4n) is 2.32. The number of benzene rings is 1. The molecule has 1 aromatic carbocycles. The van der Waals surface area contributed by atoms with Crippen LogP contribution in [0.3, 0.4) is 0 Å². The first-order valence-corrected chi connectivity index (χ1v) is 8.09. The summed E-state index contributed by atoms with van der Waals surface area (Å²) in [6.45, 7) is 1.77. The summed E-state index contributed by atoms with van der Waals surface area (Å²) in [7, 11) is -3.11. The zero-order valence-electron chi connectivity index (χ0n) is 11.4. The van der Waals surface area contributed by atoms with Gasteiger partial charge in [0.25, 0.3) is 11.6 Å². The zero-order chi connectivity index (χ0) is 15.8. The molecule has 0 spiro atoms. The van der Waals surface area contributed by atoms with Crippen LogP contribution in [0, 0.1) is 10.1 Å². The summed E-state index contributed by atoms with van der Waals surface area (Å²) in [4.78, 5) is 23.9. The van der Waals surface area contributed by atoms with Gasteiger partial charge in [0, 0.05) is 24.2 Å². The maximum absolute atomic E-state index is 12.4. The largest absolute Gasteiger partial charge is 0.393 e. The number of sulfone groups is 1. The standard InChI is InChI=1S/C12H15N3O5S/c1-8-7-21(19,20)5-4-14(8)12(16)9-2-3-11(15(17)18)10(13)6-9/h2-3,6,8H,4-5,7,13H2,1H3. The summed E-state index contributed by atoms with van der Waals surface area (Å²) in [5.41, 5.74) is 5.41. The molecule has 1 saturated heterocycles. The number of hydrogen-bond acceptors (Lipinski definition) is 6. The lowest BCUT2D eigenvalue weighted by Crippen LogP contribution is -2.49. The van der Waals surface area contributed by atoms with Crippen molar-refractivity contribution >= 4 is 27.1 Å². The van der Waals surface area contributed by atoms with E-state index in [-0.39, 0.29) is 40.9 Å². The van der Waals surface area contributed by atoms with Crippen molar-refractivity contribution in [3.8, 4) is 0 Å². The number of nitro benzene ring substituents is 1. The van der Waals surface area contributed by atoms with Crippen molar-refractivity contribution in [1.82, 2.24) is 4.90 Å². The molecule has 1 aliphatic heterocycles. The van der Waals surface area contributed by atoms with Crippen molar-refractivity contribution in [1.29, 1.82) is 0 Å². The lowest BCUT2D eigenvalue weighted by atomic mass is 10.1. The van der Waals surface area contributed by atoms with Gasteiger partial charge in [-0.3, -0.25) is 14.9 Å². The molecule has 9 heteroatoms. The van der Waals surface area contributed by atoms with Crippen LogP contribution in [0.15, 0.2) is 18.2 Å². The van der Waals surface area contributed by atoms with Gasteiger partial charge in [-0.1, -0.05) is 0 Å². The molecule has 2 rings (SSSR count). The Labute approximate surface area is 121 Å². The quantitative estimate of drug-likeness (QED) is 0.480. The Bertz CT molecular complexity index is 701. The van der Waals surface area contributed by atoms with Crippen molar-refractivity contribution in [2.45, 2.75) is 13.0 Å². The van der Waals surface area contributed by atoms with Crippen LogP contribution in [-0.4, -0.2) is 48.2 Å². The molecule has 1 unspecified atom stereocenters. The number of rotatable bonds is 2. The van der Waals surface area contributed by atoms with E-state index in [2.05, 4.69) is 0 Å². The van der Waals surface area contributed by atoms with Crippen LogP contribution in [0.5, 0.6) is 0 Å². The molecular formula is C12H15N3O5S. The lowest BCUT2D eigenvalue weighted by molar-refractivity contribution is -0.383. The average molecular weight is 313 g/mol. The van der Waals surface area contributed by atoms with E-state index >= 15 is 0 Å². The third-order valence-corrected chi connectivity index (χ3v) is 5.20. The van der Waals surface area contributed by atoms with E-state index in [4.69, 9.17) is 5.73 Å². The second-order valence-corrected chi connectivity index (χ2v) is 7.22. The minimum absolute atomic E-state index is 0.0778. The monoisotopic (exact) mass is 313 g/mol. The highest BCUT2D eigenvalue weighted by Crippen LogP contribution is 2.24. The maximum Gasteiger partial charge on any atom is 0.292 e. The van der Waals surface area contributed by atoms with Crippen molar-refractivity contribution in [3.63, 3.8) is 0 Å². The number of nitrogen functional groups attached to an aromatic ring is 1. The van der Waals surface area contributed by atoms with E-state index in [1.54, 1.807) is 6.92 Å². The summed E-state index contributed by atoms with van der Waals surface area (Å²) in [6, 6.07) is 3.31. The molecule has 21 heavy (non-hydrogen) atoms. The van der Waals surface area contributed by atoms with Gasteiger partial charge in [-0.2, -0.15) is 0 Å². The highest BCUT2D eigenvalue weighted by molar-refractivity contribution is 7.91. The van der Waals surface area contributed by atoms with E-state index < -0.39 is 20.8 Å². The first-order chi connectivity index (χ1) is 9.71. The molecule has 0 saturated carbocycles. The van der Waals surface area contributed by atoms with Crippen LogP contribution in [-0.2, 0) is 9.84 Å². The number of anilines is 1. The predicted molar refractivity (Wildman–Crippen MR) is 76.7 cm³/mol. The molecule has 0 radical (unpaired) electrons. The summed E-state index contributed by atoms with van der Waals surface area (Å²) in [6.07, 6.45) is 0. The van der Waals surface area contributed by atoms with Crippen LogP contribution in [0.2, 0.25) is 0 Å². The molecule has 0 bridgehead atoms. The van der Waals surface area contributed by atoms with Crippen molar-refractivity contribution in [3.05, 3.63) is 33.9 Å². The molecule has 0 aromatic heterocycles. The van der Waals surface area contributed by atoms with Crippen molar-refractivity contribution in [2.75, 3.05) is 23.8 Å². The number of nitrogens with zero attached hydrogens (tertiary/aromatic N) is 2. The zero-order valence-corrected chi connectivity index (χ0v) is 12.2. The normalized spacial score (nSPS) is 21.0. The topological polar surface area (TPSA) is 124 Å². The van der Waals surface area contributed by atoms with E-state index in [1.807, 2.05) is 0 Å². The Morgan fingerprint density at radius 3 is 2.67 bits per heavy atom. The highest BCUT2D eigenvalue weighted by Gasteiger charge is 2.32. The van der Waals surface area contributed by atoms with Crippen molar-refractivity contribution in [2.24, 2.45) is 0 Å². The third kappa shape index (κ3) is 3.13. The fraction of sp³-hybridized carbons (Fsp3) is 0.417. The smallest absolute Gasteiger partial charge is 0.292 e. The van der Waals surface area contributed by atoms with Gasteiger partial charge in [0.2, 0.25) is 0 Å². The van der Waals surface area contributed by atoms with E-state index in [9.17, 15) is 23.3 Å². The number of nitro groups is 1. The predicted octanol–water partition coefficient (Wildman–Crippen LogP) is 0.436. The molecule has 1 heterocycles. The molecular weight excluding hydrogens is 298 g/mol. The van der Waals surface area contributed by atoms with Crippen molar-refractivity contribution < 1.29 is 18.1 Å². The molecule has 114 valence electrons. The van der Waals surface area contributed by atoms with Crippen LogP contribution in [0.4, 0.5) is 11.4 Å². The molecule has 1 aliphatic rings. The van der Waals surface area contributed by atoms with Gasteiger partial charge < -0.3 is 10.6 Å². The second kappa shape index (κ2) is 5.32. The lowest BCUT2D eigenvalue weighted by Gasteiger charge is -2.33. The first-order valence-electron chi connectivity index (χ1n) is 6.26. The van der Waals surface area contributed by atoms with Crippen LogP contribution in [0.1, 0.15) is 17.3 Å². The van der Waals surface area contributed by atoms with E-state index in [1.165, 1.54) is 23.1 Å².